The smallest absolute Gasteiger partial charge is 0.255 e. The van der Waals surface area contributed by atoms with Crippen LogP contribution in [0.2, 0.25) is 0 Å². The van der Waals surface area contributed by atoms with Crippen molar-refractivity contribution in [2.45, 2.75) is 26.8 Å². The van der Waals surface area contributed by atoms with Crippen LogP contribution in [0.15, 0.2) is 69.6 Å². The van der Waals surface area contributed by atoms with Crippen LogP contribution in [0.4, 0.5) is 0 Å². The molecule has 3 aromatic heterocycles. The number of para-hydroxylation sites is 1. The van der Waals surface area contributed by atoms with Gasteiger partial charge in [-0.05, 0) is 57.2 Å². The Morgan fingerprint density at radius 2 is 1.71 bits per heavy atom. The Labute approximate surface area is 162 Å². The highest BCUT2D eigenvalue weighted by atomic mass is 16.3. The summed E-state index contributed by atoms with van der Waals surface area (Å²) < 4.78 is 13.0. The monoisotopic (exact) mass is 375 g/mol. The third kappa shape index (κ3) is 3.49. The van der Waals surface area contributed by atoms with Gasteiger partial charge in [-0.2, -0.15) is 5.10 Å². The maximum Gasteiger partial charge on any atom is 0.255 e. The van der Waals surface area contributed by atoms with Gasteiger partial charge in [0.2, 0.25) is 0 Å². The summed E-state index contributed by atoms with van der Waals surface area (Å²) in [5.41, 5.74) is 1.80. The third-order valence-electron chi connectivity index (χ3n) is 4.49. The normalized spacial score (nSPS) is 12.1. The number of hydrogen-bond acceptors (Lipinski definition) is 4. The van der Waals surface area contributed by atoms with Crippen molar-refractivity contribution in [3.05, 3.63) is 83.6 Å². The first-order valence-electron chi connectivity index (χ1n) is 9.10. The Balaban J connectivity index is 1.70. The van der Waals surface area contributed by atoms with Gasteiger partial charge in [0, 0.05) is 6.20 Å². The van der Waals surface area contributed by atoms with Crippen LogP contribution >= 0.6 is 0 Å². The first kappa shape index (κ1) is 17.9. The SMILES string of the molecule is Cc1ccc(-c2nn(-c3ccccc3)cc2C(=O)NC(C)c2ccc(C)o2)o1. The fourth-order valence-corrected chi connectivity index (χ4v) is 3.03. The number of rotatable bonds is 5. The molecule has 3 heterocycles. The van der Waals surface area contributed by atoms with E-state index in [1.165, 1.54) is 0 Å². The predicted molar refractivity (Wildman–Crippen MR) is 105 cm³/mol. The van der Waals surface area contributed by atoms with Crippen molar-refractivity contribution in [1.82, 2.24) is 15.1 Å². The first-order valence-corrected chi connectivity index (χ1v) is 9.10. The number of nitrogens with one attached hydrogen (secondary N) is 1. The van der Waals surface area contributed by atoms with E-state index in [9.17, 15) is 4.79 Å². The van der Waals surface area contributed by atoms with Gasteiger partial charge < -0.3 is 14.2 Å². The van der Waals surface area contributed by atoms with Crippen molar-refractivity contribution < 1.29 is 13.6 Å². The summed E-state index contributed by atoms with van der Waals surface area (Å²) in [7, 11) is 0. The van der Waals surface area contributed by atoms with Crippen LogP contribution in [0, 0.1) is 13.8 Å². The molecule has 0 aliphatic carbocycles. The summed E-state index contributed by atoms with van der Waals surface area (Å²) in [5, 5.41) is 7.59. The number of benzene rings is 1. The van der Waals surface area contributed by atoms with Crippen molar-refractivity contribution in [2.75, 3.05) is 0 Å². The molecule has 1 aromatic carbocycles. The number of amides is 1. The van der Waals surface area contributed by atoms with E-state index < -0.39 is 0 Å². The molecule has 1 N–H and O–H groups in total. The zero-order valence-corrected chi connectivity index (χ0v) is 16.0. The van der Waals surface area contributed by atoms with E-state index in [-0.39, 0.29) is 11.9 Å². The van der Waals surface area contributed by atoms with Gasteiger partial charge in [-0.3, -0.25) is 4.79 Å². The van der Waals surface area contributed by atoms with Gasteiger partial charge in [0.05, 0.1) is 17.3 Å². The second kappa shape index (κ2) is 7.23. The summed E-state index contributed by atoms with van der Waals surface area (Å²) in [6.45, 7) is 5.62. The maximum absolute atomic E-state index is 13.0. The van der Waals surface area contributed by atoms with E-state index in [4.69, 9.17) is 8.83 Å². The number of carbonyl (C=O) groups is 1. The van der Waals surface area contributed by atoms with Gasteiger partial charge in [-0.25, -0.2) is 4.68 Å². The standard InChI is InChI=1S/C22H21N3O3/c1-14-9-11-19(27-14)16(3)23-22(26)18-13-25(17-7-5-4-6-8-17)24-21(18)20-12-10-15(2)28-20/h4-13,16H,1-3H3,(H,23,26). The molecule has 0 bridgehead atoms. The minimum absolute atomic E-state index is 0.243. The largest absolute Gasteiger partial charge is 0.464 e. The Hall–Kier alpha value is -3.54. The third-order valence-corrected chi connectivity index (χ3v) is 4.49. The predicted octanol–water partition coefficient (Wildman–Crippen LogP) is 4.83. The van der Waals surface area contributed by atoms with Crippen molar-refractivity contribution in [3.63, 3.8) is 0 Å². The number of furan rings is 2. The molecule has 4 aromatic rings. The van der Waals surface area contributed by atoms with Gasteiger partial charge in [-0.1, -0.05) is 18.2 Å². The lowest BCUT2D eigenvalue weighted by atomic mass is 10.1. The number of carbonyl (C=O) groups excluding carboxylic acids is 1. The van der Waals surface area contributed by atoms with Crippen LogP contribution in [0.1, 0.15) is 40.6 Å². The molecule has 0 saturated carbocycles. The fraction of sp³-hybridized carbons (Fsp3) is 0.182. The Kier molecular flexibility index (Phi) is 4.61. The lowest BCUT2D eigenvalue weighted by Crippen LogP contribution is -2.26. The van der Waals surface area contributed by atoms with Crippen LogP contribution in [-0.2, 0) is 0 Å². The Morgan fingerprint density at radius 3 is 2.36 bits per heavy atom. The molecule has 6 heteroatoms. The molecule has 0 fully saturated rings. The molecule has 1 amide bonds. The maximum atomic E-state index is 13.0. The molecule has 6 nitrogen and oxygen atoms in total. The second-order valence-electron chi connectivity index (χ2n) is 6.73. The zero-order chi connectivity index (χ0) is 19.7. The molecule has 0 spiro atoms. The van der Waals surface area contributed by atoms with Crippen LogP contribution in [-0.4, -0.2) is 15.7 Å². The molecular formula is C22H21N3O3. The Morgan fingerprint density at radius 1 is 1.00 bits per heavy atom. The summed E-state index contributed by atoms with van der Waals surface area (Å²) >= 11 is 0. The molecule has 0 aliphatic rings. The van der Waals surface area contributed by atoms with Crippen molar-refractivity contribution in [1.29, 1.82) is 0 Å². The van der Waals surface area contributed by atoms with Crippen molar-refractivity contribution >= 4 is 5.91 Å². The van der Waals surface area contributed by atoms with Gasteiger partial charge in [-0.15, -0.1) is 0 Å². The molecule has 28 heavy (non-hydrogen) atoms. The molecule has 142 valence electrons. The molecule has 1 atom stereocenters. The second-order valence-corrected chi connectivity index (χ2v) is 6.73. The lowest BCUT2D eigenvalue weighted by molar-refractivity contribution is 0.0935. The number of aromatic nitrogens is 2. The van der Waals surface area contributed by atoms with Crippen molar-refractivity contribution in [2.24, 2.45) is 0 Å². The average Bonchev–Trinajstić information content (AvgIpc) is 3.41. The molecule has 0 aliphatic heterocycles. The summed E-state index contributed by atoms with van der Waals surface area (Å²) in [6.07, 6.45) is 1.72. The quantitative estimate of drug-likeness (QED) is 0.542. The number of nitrogens with zero attached hydrogens (tertiary/aromatic N) is 2. The van der Waals surface area contributed by atoms with E-state index in [0.717, 1.165) is 17.2 Å². The molecule has 0 saturated heterocycles. The average molecular weight is 375 g/mol. The van der Waals surface area contributed by atoms with Crippen LogP contribution in [0.25, 0.3) is 17.1 Å². The minimum atomic E-state index is -0.271. The molecule has 1 unspecified atom stereocenters. The van der Waals surface area contributed by atoms with E-state index in [2.05, 4.69) is 10.4 Å². The molecule has 0 radical (unpaired) electrons. The summed E-state index contributed by atoms with van der Waals surface area (Å²) in [4.78, 5) is 13.0. The highest BCUT2D eigenvalue weighted by Gasteiger charge is 2.23. The highest BCUT2D eigenvalue weighted by molar-refractivity contribution is 5.99. The fourth-order valence-electron chi connectivity index (χ4n) is 3.03. The summed E-state index contributed by atoms with van der Waals surface area (Å²) in [6, 6.07) is 16.8. The topological polar surface area (TPSA) is 73.2 Å². The van der Waals surface area contributed by atoms with E-state index >= 15 is 0 Å². The van der Waals surface area contributed by atoms with Crippen LogP contribution in [0.3, 0.4) is 0 Å². The zero-order valence-electron chi connectivity index (χ0n) is 16.0. The molecular weight excluding hydrogens is 354 g/mol. The van der Waals surface area contributed by atoms with Crippen LogP contribution in [0.5, 0.6) is 0 Å². The molecule has 4 rings (SSSR count). The van der Waals surface area contributed by atoms with Gasteiger partial charge >= 0.3 is 0 Å². The van der Waals surface area contributed by atoms with Gasteiger partial charge in [0.1, 0.15) is 23.0 Å². The summed E-state index contributed by atoms with van der Waals surface area (Å²) in [5.74, 6) is 2.58. The van der Waals surface area contributed by atoms with Gasteiger partial charge in [0.15, 0.2) is 5.76 Å². The Bertz CT molecular complexity index is 1110. The van der Waals surface area contributed by atoms with E-state index in [0.29, 0.717) is 22.8 Å². The van der Waals surface area contributed by atoms with E-state index in [1.54, 1.807) is 10.9 Å². The van der Waals surface area contributed by atoms with E-state index in [1.807, 2.05) is 75.4 Å². The lowest BCUT2D eigenvalue weighted by Gasteiger charge is -2.11. The van der Waals surface area contributed by atoms with Gasteiger partial charge in [0.25, 0.3) is 5.91 Å². The highest BCUT2D eigenvalue weighted by Crippen LogP contribution is 2.26. The van der Waals surface area contributed by atoms with Crippen LogP contribution < -0.4 is 5.32 Å². The minimum Gasteiger partial charge on any atom is -0.464 e. The first-order chi connectivity index (χ1) is 13.5. The van der Waals surface area contributed by atoms with Crippen molar-refractivity contribution in [3.8, 4) is 17.1 Å². The number of hydrogen-bond donors (Lipinski definition) is 1. The number of aryl methyl sites for hydroxylation is 2.